The lowest BCUT2D eigenvalue weighted by Crippen LogP contribution is -2.51. The normalized spacial score (nSPS) is 15.2. The topological polar surface area (TPSA) is 66.5 Å². The number of para-hydroxylation sites is 1. The Balaban J connectivity index is 1.89. The summed E-state index contributed by atoms with van der Waals surface area (Å²) < 4.78 is 41.5. The first-order valence-electron chi connectivity index (χ1n) is 8.47. The highest BCUT2D eigenvalue weighted by atomic mass is 32.2. The van der Waals surface area contributed by atoms with Crippen LogP contribution < -0.4 is 9.62 Å². The van der Waals surface area contributed by atoms with Gasteiger partial charge in [-0.05, 0) is 36.1 Å². The molecule has 0 saturated heterocycles. The number of halogens is 1. The number of benzene rings is 2. The Morgan fingerprint density at radius 1 is 1.12 bits per heavy atom. The maximum absolute atomic E-state index is 13.9. The van der Waals surface area contributed by atoms with Crippen LogP contribution in [-0.2, 0) is 21.2 Å². The molecule has 0 spiro atoms. The first-order valence-corrected chi connectivity index (χ1v) is 9.95. The zero-order chi connectivity index (χ0) is 18.9. The summed E-state index contributed by atoms with van der Waals surface area (Å²) in [5.41, 5.74) is 1.86. The van der Waals surface area contributed by atoms with Crippen LogP contribution in [-0.4, -0.2) is 26.9 Å². The summed E-state index contributed by atoms with van der Waals surface area (Å²) in [6.07, 6.45) is 0.729. The zero-order valence-corrected chi connectivity index (χ0v) is 15.5. The van der Waals surface area contributed by atoms with Gasteiger partial charge in [0.25, 0.3) is 0 Å². The molecule has 2 aromatic rings. The molecule has 3 rings (SSSR count). The summed E-state index contributed by atoms with van der Waals surface area (Å²) >= 11 is 0. The number of carbonyl (C=O) groups excluding carboxylic acids is 1. The van der Waals surface area contributed by atoms with Gasteiger partial charge in [0, 0.05) is 12.2 Å². The van der Waals surface area contributed by atoms with E-state index in [4.69, 9.17) is 0 Å². The van der Waals surface area contributed by atoms with Crippen LogP contribution in [0.2, 0.25) is 0 Å². The molecule has 0 aliphatic carbocycles. The van der Waals surface area contributed by atoms with Gasteiger partial charge in [0.05, 0.1) is 0 Å². The van der Waals surface area contributed by atoms with Crippen molar-refractivity contribution in [3.63, 3.8) is 0 Å². The molecule has 1 aliphatic rings. The highest BCUT2D eigenvalue weighted by Crippen LogP contribution is 2.29. The second-order valence-electron chi connectivity index (χ2n) is 6.64. The minimum atomic E-state index is -4.16. The van der Waals surface area contributed by atoms with Crippen LogP contribution in [0.4, 0.5) is 10.1 Å². The molecular weight excluding hydrogens is 355 g/mol. The molecule has 0 saturated carbocycles. The van der Waals surface area contributed by atoms with Gasteiger partial charge in [-0.3, -0.25) is 4.79 Å². The van der Waals surface area contributed by atoms with Gasteiger partial charge in [0.1, 0.15) is 16.8 Å². The lowest BCUT2D eigenvalue weighted by Gasteiger charge is -2.27. The van der Waals surface area contributed by atoms with E-state index in [0.717, 1.165) is 23.7 Å². The quantitative estimate of drug-likeness (QED) is 0.873. The zero-order valence-electron chi connectivity index (χ0n) is 14.6. The number of carbonyl (C=O) groups is 1. The minimum absolute atomic E-state index is 0.295. The monoisotopic (exact) mass is 376 g/mol. The summed E-state index contributed by atoms with van der Waals surface area (Å²) in [4.78, 5) is 14.2. The second-order valence-corrected chi connectivity index (χ2v) is 8.32. The van der Waals surface area contributed by atoms with Gasteiger partial charge in [0.2, 0.25) is 15.9 Å². The van der Waals surface area contributed by atoms with Gasteiger partial charge < -0.3 is 4.90 Å². The molecule has 1 heterocycles. The van der Waals surface area contributed by atoms with Crippen molar-refractivity contribution < 1.29 is 17.6 Å². The average molecular weight is 376 g/mol. The molecule has 26 heavy (non-hydrogen) atoms. The largest absolute Gasteiger partial charge is 0.310 e. The number of nitrogens with one attached hydrogen (secondary N) is 1. The lowest BCUT2D eigenvalue weighted by atomic mass is 10.0. The van der Waals surface area contributed by atoms with Crippen LogP contribution in [0.5, 0.6) is 0 Å². The van der Waals surface area contributed by atoms with Crippen molar-refractivity contribution in [2.45, 2.75) is 31.2 Å². The predicted molar refractivity (Wildman–Crippen MR) is 97.8 cm³/mol. The van der Waals surface area contributed by atoms with Crippen molar-refractivity contribution >= 4 is 21.6 Å². The fraction of sp³-hybridized carbons (Fsp3) is 0.316. The van der Waals surface area contributed by atoms with Crippen molar-refractivity contribution in [3.8, 4) is 0 Å². The van der Waals surface area contributed by atoms with E-state index in [-0.39, 0.29) is 11.8 Å². The molecule has 0 aromatic heterocycles. The van der Waals surface area contributed by atoms with Crippen molar-refractivity contribution in [3.05, 3.63) is 59.9 Å². The third-order valence-electron chi connectivity index (χ3n) is 4.49. The van der Waals surface area contributed by atoms with E-state index in [1.165, 1.54) is 18.2 Å². The summed E-state index contributed by atoms with van der Waals surface area (Å²) in [5, 5.41) is 0. The van der Waals surface area contributed by atoms with Gasteiger partial charge in [0.15, 0.2) is 0 Å². The van der Waals surface area contributed by atoms with E-state index in [1.54, 1.807) is 18.7 Å². The molecule has 138 valence electrons. The maximum Gasteiger partial charge on any atom is 0.245 e. The number of amides is 1. The van der Waals surface area contributed by atoms with E-state index < -0.39 is 26.8 Å². The van der Waals surface area contributed by atoms with Crippen LogP contribution in [0.3, 0.4) is 0 Å². The van der Waals surface area contributed by atoms with E-state index >= 15 is 0 Å². The van der Waals surface area contributed by atoms with Gasteiger partial charge >= 0.3 is 0 Å². The molecule has 0 radical (unpaired) electrons. The van der Waals surface area contributed by atoms with Crippen molar-refractivity contribution in [1.29, 1.82) is 0 Å². The summed E-state index contributed by atoms with van der Waals surface area (Å²) in [5.74, 6) is -1.47. The molecule has 0 fully saturated rings. The molecule has 0 bridgehead atoms. The fourth-order valence-corrected chi connectivity index (χ4v) is 4.52. The Kier molecular flexibility index (Phi) is 5.11. The lowest BCUT2D eigenvalue weighted by molar-refractivity contribution is -0.121. The Bertz CT molecular complexity index is 928. The number of sulfonamides is 1. The SMILES string of the molecule is CC(C)[C@H](NS(=O)(=O)c1ccccc1F)C(=O)N1CCc2ccccc21. The molecule has 7 heteroatoms. The van der Waals surface area contributed by atoms with Crippen LogP contribution >= 0.6 is 0 Å². The Labute approximate surface area is 152 Å². The third kappa shape index (κ3) is 3.50. The predicted octanol–water partition coefficient (Wildman–Crippen LogP) is 2.72. The molecule has 1 aliphatic heterocycles. The van der Waals surface area contributed by atoms with Gasteiger partial charge in [-0.2, -0.15) is 4.72 Å². The number of anilines is 1. The smallest absolute Gasteiger partial charge is 0.245 e. The Morgan fingerprint density at radius 3 is 2.46 bits per heavy atom. The number of hydrogen-bond donors (Lipinski definition) is 1. The van der Waals surface area contributed by atoms with E-state index in [2.05, 4.69) is 4.72 Å². The number of fused-ring (bicyclic) bond motifs is 1. The second kappa shape index (κ2) is 7.17. The van der Waals surface area contributed by atoms with Gasteiger partial charge in [-0.25, -0.2) is 12.8 Å². The van der Waals surface area contributed by atoms with E-state index in [9.17, 15) is 17.6 Å². The minimum Gasteiger partial charge on any atom is -0.310 e. The molecular formula is C19H21FN2O3S. The molecule has 5 nitrogen and oxygen atoms in total. The van der Waals surface area contributed by atoms with Gasteiger partial charge in [-0.15, -0.1) is 0 Å². The molecule has 1 N–H and O–H groups in total. The number of hydrogen-bond acceptors (Lipinski definition) is 3. The first kappa shape index (κ1) is 18.5. The standard InChI is InChI=1S/C19H21FN2O3S/c1-13(2)18(21-26(24,25)17-10-6-4-8-15(17)20)19(23)22-12-11-14-7-3-5-9-16(14)22/h3-10,13,18,21H,11-12H2,1-2H3/t18-/m0/s1. The molecule has 2 aromatic carbocycles. The average Bonchev–Trinajstić information content (AvgIpc) is 3.03. The van der Waals surface area contributed by atoms with Crippen LogP contribution in [0.1, 0.15) is 19.4 Å². The van der Waals surface area contributed by atoms with Crippen LogP contribution in [0, 0.1) is 11.7 Å². The molecule has 0 unspecified atom stereocenters. The van der Waals surface area contributed by atoms with Crippen molar-refractivity contribution in [2.75, 3.05) is 11.4 Å². The maximum atomic E-state index is 13.9. The highest BCUT2D eigenvalue weighted by Gasteiger charge is 2.35. The Hall–Kier alpha value is -2.25. The van der Waals surface area contributed by atoms with Crippen molar-refractivity contribution in [1.82, 2.24) is 4.72 Å². The number of rotatable bonds is 5. The summed E-state index contributed by atoms with van der Waals surface area (Å²) in [6, 6.07) is 11.7. The summed E-state index contributed by atoms with van der Waals surface area (Å²) in [7, 11) is -4.16. The van der Waals surface area contributed by atoms with E-state index in [1.807, 2.05) is 24.3 Å². The molecule has 1 atom stereocenters. The Morgan fingerprint density at radius 2 is 1.77 bits per heavy atom. The number of nitrogens with zero attached hydrogens (tertiary/aromatic N) is 1. The van der Waals surface area contributed by atoms with Gasteiger partial charge in [-0.1, -0.05) is 44.2 Å². The summed E-state index contributed by atoms with van der Waals surface area (Å²) in [6.45, 7) is 4.02. The highest BCUT2D eigenvalue weighted by molar-refractivity contribution is 7.89. The molecule has 1 amide bonds. The van der Waals surface area contributed by atoms with E-state index in [0.29, 0.717) is 6.54 Å². The fourth-order valence-electron chi connectivity index (χ4n) is 3.10. The first-order chi connectivity index (χ1) is 12.3. The van der Waals surface area contributed by atoms with Crippen LogP contribution in [0.15, 0.2) is 53.4 Å². The third-order valence-corrected chi connectivity index (χ3v) is 5.97. The van der Waals surface area contributed by atoms with Crippen LogP contribution in [0.25, 0.3) is 0 Å². The van der Waals surface area contributed by atoms with Crippen molar-refractivity contribution in [2.24, 2.45) is 5.92 Å².